The fourth-order valence-electron chi connectivity index (χ4n) is 1.91. The van der Waals surface area contributed by atoms with Gasteiger partial charge in [-0.15, -0.1) is 0 Å². The van der Waals surface area contributed by atoms with Crippen molar-refractivity contribution in [3.05, 3.63) is 24.1 Å². The average Bonchev–Trinajstić information content (AvgIpc) is 3.00. The normalized spacial score (nSPS) is 16.1. The van der Waals surface area contributed by atoms with Gasteiger partial charge in [0.2, 0.25) is 5.89 Å². The zero-order valence-corrected chi connectivity index (χ0v) is 9.31. The third-order valence-corrected chi connectivity index (χ3v) is 3.01. The lowest BCUT2D eigenvalue weighted by molar-refractivity contribution is 0.283. The molecule has 1 heterocycles. The summed E-state index contributed by atoms with van der Waals surface area (Å²) in [6, 6.07) is 6.29. The second-order valence-electron chi connectivity index (χ2n) is 4.48. The van der Waals surface area contributed by atoms with Crippen molar-refractivity contribution >= 4 is 16.8 Å². The van der Waals surface area contributed by atoms with Gasteiger partial charge in [0.05, 0.1) is 6.54 Å². The fourth-order valence-corrected chi connectivity index (χ4v) is 1.91. The van der Waals surface area contributed by atoms with Gasteiger partial charge in [0.1, 0.15) is 5.52 Å². The molecule has 1 aromatic carbocycles. The van der Waals surface area contributed by atoms with E-state index in [1.54, 1.807) is 0 Å². The Bertz CT molecular complexity index is 516. The number of rotatable bonds is 3. The molecule has 1 aromatic heterocycles. The number of benzene rings is 1. The van der Waals surface area contributed by atoms with Crippen LogP contribution in [0.4, 0.5) is 5.69 Å². The van der Waals surface area contributed by atoms with Crippen molar-refractivity contribution in [1.29, 1.82) is 0 Å². The maximum absolute atomic E-state index is 5.69. The Morgan fingerprint density at radius 1 is 1.50 bits per heavy atom. The number of hydrogen-bond donors (Lipinski definition) is 1. The first-order valence-electron chi connectivity index (χ1n) is 5.57. The van der Waals surface area contributed by atoms with E-state index in [0.717, 1.165) is 29.6 Å². The third kappa shape index (κ3) is 1.76. The lowest BCUT2D eigenvalue weighted by Gasteiger charge is -2.11. The van der Waals surface area contributed by atoms with E-state index in [9.17, 15) is 0 Å². The maximum atomic E-state index is 5.69. The van der Waals surface area contributed by atoms with Gasteiger partial charge in [-0.25, -0.2) is 4.98 Å². The van der Waals surface area contributed by atoms with Gasteiger partial charge in [-0.3, -0.25) is 4.90 Å². The number of fused-ring (bicyclic) bond motifs is 1. The summed E-state index contributed by atoms with van der Waals surface area (Å²) >= 11 is 0. The Morgan fingerprint density at radius 3 is 3.06 bits per heavy atom. The molecule has 0 atom stereocenters. The monoisotopic (exact) mass is 217 g/mol. The molecule has 0 radical (unpaired) electrons. The average molecular weight is 217 g/mol. The Labute approximate surface area is 94.0 Å². The number of nitrogens with two attached hydrogens (primary N) is 1. The zero-order valence-electron chi connectivity index (χ0n) is 9.31. The smallest absolute Gasteiger partial charge is 0.209 e. The molecule has 3 rings (SSSR count). The van der Waals surface area contributed by atoms with Gasteiger partial charge in [-0.2, -0.15) is 0 Å². The lowest BCUT2D eigenvalue weighted by atomic mass is 10.3. The van der Waals surface area contributed by atoms with Crippen molar-refractivity contribution in [2.45, 2.75) is 25.4 Å². The SMILES string of the molecule is CN(Cc1nc2ccc(N)cc2o1)C1CC1. The van der Waals surface area contributed by atoms with Crippen LogP contribution in [0.3, 0.4) is 0 Å². The molecule has 0 saturated heterocycles. The number of hydrogen-bond acceptors (Lipinski definition) is 4. The summed E-state index contributed by atoms with van der Waals surface area (Å²) in [4.78, 5) is 6.73. The van der Waals surface area contributed by atoms with Crippen molar-refractivity contribution in [1.82, 2.24) is 9.88 Å². The standard InChI is InChI=1S/C12H15N3O/c1-15(9-3-4-9)7-12-14-10-5-2-8(13)6-11(10)16-12/h2,5-6,9H,3-4,7,13H2,1H3. The molecule has 2 N–H and O–H groups in total. The molecule has 0 spiro atoms. The van der Waals surface area contributed by atoms with Gasteiger partial charge in [-0.1, -0.05) is 0 Å². The van der Waals surface area contributed by atoms with Gasteiger partial charge in [0, 0.05) is 17.8 Å². The molecule has 0 bridgehead atoms. The van der Waals surface area contributed by atoms with Gasteiger partial charge >= 0.3 is 0 Å². The minimum Gasteiger partial charge on any atom is -0.439 e. The van der Waals surface area contributed by atoms with Crippen molar-refractivity contribution in [3.63, 3.8) is 0 Å². The molecule has 0 aliphatic heterocycles. The van der Waals surface area contributed by atoms with Gasteiger partial charge in [-0.05, 0) is 32.0 Å². The van der Waals surface area contributed by atoms with E-state index in [-0.39, 0.29) is 0 Å². The van der Waals surface area contributed by atoms with E-state index in [0.29, 0.717) is 5.69 Å². The van der Waals surface area contributed by atoms with Crippen molar-refractivity contribution in [2.75, 3.05) is 12.8 Å². The van der Waals surface area contributed by atoms with Crippen LogP contribution in [-0.4, -0.2) is 23.0 Å². The highest BCUT2D eigenvalue weighted by Crippen LogP contribution is 2.27. The summed E-state index contributed by atoms with van der Waals surface area (Å²) in [5, 5.41) is 0. The number of anilines is 1. The third-order valence-electron chi connectivity index (χ3n) is 3.01. The molecule has 4 nitrogen and oxygen atoms in total. The Balaban J connectivity index is 1.86. The van der Waals surface area contributed by atoms with Crippen LogP contribution in [0.5, 0.6) is 0 Å². The molecule has 2 aromatic rings. The number of nitrogen functional groups attached to an aromatic ring is 1. The highest BCUT2D eigenvalue weighted by atomic mass is 16.3. The van der Waals surface area contributed by atoms with Crippen molar-refractivity contribution in [2.24, 2.45) is 0 Å². The summed E-state index contributed by atoms with van der Waals surface area (Å²) in [6.07, 6.45) is 2.59. The highest BCUT2D eigenvalue weighted by Gasteiger charge is 2.26. The molecule has 16 heavy (non-hydrogen) atoms. The molecule has 1 saturated carbocycles. The lowest BCUT2D eigenvalue weighted by Crippen LogP contribution is -2.19. The summed E-state index contributed by atoms with van der Waals surface area (Å²) in [7, 11) is 2.11. The number of aromatic nitrogens is 1. The Morgan fingerprint density at radius 2 is 2.31 bits per heavy atom. The molecule has 4 heteroatoms. The van der Waals surface area contributed by atoms with Crippen LogP contribution in [0.15, 0.2) is 22.6 Å². The first kappa shape index (κ1) is 9.66. The zero-order chi connectivity index (χ0) is 11.1. The Kier molecular flexibility index (Phi) is 2.11. The predicted octanol–water partition coefficient (Wildman–Crippen LogP) is 2.00. The summed E-state index contributed by atoms with van der Waals surface area (Å²) in [5.74, 6) is 0.773. The van der Waals surface area contributed by atoms with Crippen LogP contribution in [0.1, 0.15) is 18.7 Å². The molecule has 1 aliphatic carbocycles. The largest absolute Gasteiger partial charge is 0.439 e. The van der Waals surface area contributed by atoms with E-state index < -0.39 is 0 Å². The second-order valence-corrected chi connectivity index (χ2v) is 4.48. The maximum Gasteiger partial charge on any atom is 0.209 e. The Hall–Kier alpha value is -1.55. The molecular weight excluding hydrogens is 202 g/mol. The van der Waals surface area contributed by atoms with Crippen LogP contribution in [0.2, 0.25) is 0 Å². The van der Waals surface area contributed by atoms with Crippen LogP contribution in [0, 0.1) is 0 Å². The summed E-state index contributed by atoms with van der Waals surface area (Å²) in [5.41, 5.74) is 8.07. The van der Waals surface area contributed by atoms with E-state index >= 15 is 0 Å². The highest BCUT2D eigenvalue weighted by molar-refractivity contribution is 5.76. The quantitative estimate of drug-likeness (QED) is 0.799. The summed E-state index contributed by atoms with van der Waals surface area (Å²) in [6.45, 7) is 0.777. The van der Waals surface area contributed by atoms with E-state index in [1.807, 2.05) is 18.2 Å². The van der Waals surface area contributed by atoms with E-state index in [1.165, 1.54) is 12.8 Å². The molecule has 0 amide bonds. The van der Waals surface area contributed by atoms with Gasteiger partial charge in [0.25, 0.3) is 0 Å². The summed E-state index contributed by atoms with van der Waals surface area (Å²) < 4.78 is 5.66. The fraction of sp³-hybridized carbons (Fsp3) is 0.417. The number of nitrogens with zero attached hydrogens (tertiary/aromatic N) is 2. The second kappa shape index (κ2) is 3.49. The molecule has 0 unspecified atom stereocenters. The van der Waals surface area contributed by atoms with Crippen molar-refractivity contribution in [3.8, 4) is 0 Å². The molecular formula is C12H15N3O. The van der Waals surface area contributed by atoms with E-state index in [4.69, 9.17) is 10.2 Å². The van der Waals surface area contributed by atoms with Crippen molar-refractivity contribution < 1.29 is 4.42 Å². The first-order valence-corrected chi connectivity index (χ1v) is 5.57. The molecule has 1 aliphatic rings. The van der Waals surface area contributed by atoms with Crippen LogP contribution >= 0.6 is 0 Å². The first-order chi connectivity index (χ1) is 7.72. The van der Waals surface area contributed by atoms with Crippen LogP contribution in [-0.2, 0) is 6.54 Å². The molecule has 1 fully saturated rings. The topological polar surface area (TPSA) is 55.3 Å². The van der Waals surface area contributed by atoms with Crippen LogP contribution in [0.25, 0.3) is 11.1 Å². The van der Waals surface area contributed by atoms with Gasteiger partial charge in [0.15, 0.2) is 5.58 Å². The minimum absolute atomic E-state index is 0.714. The molecule has 84 valence electrons. The minimum atomic E-state index is 0.714. The van der Waals surface area contributed by atoms with Crippen LogP contribution < -0.4 is 5.73 Å². The predicted molar refractivity (Wildman–Crippen MR) is 62.9 cm³/mol. The van der Waals surface area contributed by atoms with E-state index in [2.05, 4.69) is 16.9 Å². The number of oxazole rings is 1. The van der Waals surface area contributed by atoms with Gasteiger partial charge < -0.3 is 10.2 Å².